The highest BCUT2D eigenvalue weighted by Crippen LogP contribution is 2.48. The molecule has 0 fully saturated rings. The van der Waals surface area contributed by atoms with Crippen molar-refractivity contribution in [3.63, 3.8) is 0 Å². The summed E-state index contributed by atoms with van der Waals surface area (Å²) in [6.45, 7) is 1.97. The Balaban J connectivity index is 2.01. The number of benzene rings is 1. The minimum absolute atomic E-state index is 0.0360. The summed E-state index contributed by atoms with van der Waals surface area (Å²) in [5, 5.41) is 21.6. The van der Waals surface area contributed by atoms with Crippen molar-refractivity contribution in [2.45, 2.75) is 32.1 Å². The number of anilines is 1. The van der Waals surface area contributed by atoms with Gasteiger partial charge in [-0.1, -0.05) is 12.1 Å². The van der Waals surface area contributed by atoms with Gasteiger partial charge in [-0.2, -0.15) is 5.26 Å². The van der Waals surface area contributed by atoms with Gasteiger partial charge in [0.25, 0.3) is 5.69 Å². The van der Waals surface area contributed by atoms with E-state index in [9.17, 15) is 20.2 Å². The number of carbonyl (C=O) groups excluding carboxylic acids is 1. The largest absolute Gasteiger partial charge is 0.384 e. The summed E-state index contributed by atoms with van der Waals surface area (Å²) < 4.78 is 0. The molecule has 4 rings (SSSR count). The van der Waals surface area contributed by atoms with Crippen molar-refractivity contribution in [2.75, 3.05) is 4.90 Å². The van der Waals surface area contributed by atoms with Crippen LogP contribution in [0.4, 0.5) is 11.4 Å². The number of allylic oxidation sites excluding steroid dienone is 3. The molecule has 0 saturated heterocycles. The van der Waals surface area contributed by atoms with Gasteiger partial charge in [0.2, 0.25) is 0 Å². The highest BCUT2D eigenvalue weighted by Gasteiger charge is 2.42. The number of nitro groups is 1. The van der Waals surface area contributed by atoms with Crippen molar-refractivity contribution in [2.24, 2.45) is 5.73 Å². The molecule has 0 bridgehead atoms. The summed E-state index contributed by atoms with van der Waals surface area (Å²) in [7, 11) is 0. The minimum Gasteiger partial charge on any atom is -0.384 e. The van der Waals surface area contributed by atoms with E-state index in [-0.39, 0.29) is 28.6 Å². The molecule has 1 unspecified atom stereocenters. The summed E-state index contributed by atoms with van der Waals surface area (Å²) in [5.74, 6) is -0.419. The van der Waals surface area contributed by atoms with Crippen molar-refractivity contribution >= 4 is 28.5 Å². The lowest BCUT2D eigenvalue weighted by atomic mass is 9.78. The number of thiophene rings is 1. The fraction of sp³-hybridized carbons (Fsp3) is 0.238. The Morgan fingerprint density at radius 3 is 2.69 bits per heavy atom. The van der Waals surface area contributed by atoms with Crippen LogP contribution in [0.25, 0.3) is 0 Å². The van der Waals surface area contributed by atoms with Crippen LogP contribution in [0.5, 0.6) is 0 Å². The van der Waals surface area contributed by atoms with Crippen molar-refractivity contribution in [3.05, 3.63) is 78.9 Å². The number of Topliss-reactive ketones (excluding diaryl/α,β-unsaturated/α-hetero) is 1. The second kappa shape index (κ2) is 7.18. The van der Waals surface area contributed by atoms with E-state index >= 15 is 0 Å². The van der Waals surface area contributed by atoms with E-state index in [0.29, 0.717) is 30.5 Å². The molecule has 146 valence electrons. The highest BCUT2D eigenvalue weighted by atomic mass is 32.1. The van der Waals surface area contributed by atoms with E-state index in [1.165, 1.54) is 17.4 Å². The molecule has 29 heavy (non-hydrogen) atoms. The lowest BCUT2D eigenvalue weighted by molar-refractivity contribution is -0.384. The molecule has 0 radical (unpaired) electrons. The second-order valence-corrected chi connectivity index (χ2v) is 8.33. The van der Waals surface area contributed by atoms with Crippen LogP contribution in [0.15, 0.2) is 59.1 Å². The van der Waals surface area contributed by atoms with Crippen LogP contribution in [0.3, 0.4) is 0 Å². The molecule has 1 aliphatic heterocycles. The Kier molecular flexibility index (Phi) is 4.68. The van der Waals surface area contributed by atoms with Crippen molar-refractivity contribution in [3.8, 4) is 6.07 Å². The predicted octanol–water partition coefficient (Wildman–Crippen LogP) is 4.27. The lowest BCUT2D eigenvalue weighted by Crippen LogP contribution is -2.38. The van der Waals surface area contributed by atoms with E-state index < -0.39 is 10.8 Å². The monoisotopic (exact) mass is 406 g/mol. The average Bonchev–Trinajstić information content (AvgIpc) is 3.13. The second-order valence-electron chi connectivity index (χ2n) is 7.01. The van der Waals surface area contributed by atoms with Crippen molar-refractivity contribution in [1.29, 1.82) is 5.26 Å². The van der Waals surface area contributed by atoms with Gasteiger partial charge in [-0.3, -0.25) is 19.8 Å². The zero-order valence-corrected chi connectivity index (χ0v) is 16.5. The van der Waals surface area contributed by atoms with Gasteiger partial charge < -0.3 is 5.73 Å². The number of ketones is 1. The molecule has 1 aromatic carbocycles. The van der Waals surface area contributed by atoms with Crippen LogP contribution in [-0.4, -0.2) is 10.7 Å². The van der Waals surface area contributed by atoms with Gasteiger partial charge in [-0.05, 0) is 38.0 Å². The number of para-hydroxylation sites is 2. The van der Waals surface area contributed by atoms with E-state index in [1.807, 2.05) is 19.1 Å². The fourth-order valence-electron chi connectivity index (χ4n) is 4.06. The molecule has 0 saturated carbocycles. The molecular formula is C21H18N4O3S. The quantitative estimate of drug-likeness (QED) is 0.601. The first-order chi connectivity index (χ1) is 13.9. The number of hydrogen-bond acceptors (Lipinski definition) is 7. The van der Waals surface area contributed by atoms with Crippen LogP contribution in [0.1, 0.15) is 34.9 Å². The molecule has 0 spiro atoms. The Morgan fingerprint density at radius 2 is 2.03 bits per heavy atom. The summed E-state index contributed by atoms with van der Waals surface area (Å²) >= 11 is 1.52. The van der Waals surface area contributed by atoms with E-state index in [2.05, 4.69) is 6.07 Å². The van der Waals surface area contributed by atoms with E-state index in [4.69, 9.17) is 5.73 Å². The number of nitrogens with zero attached hydrogens (tertiary/aromatic N) is 3. The van der Waals surface area contributed by atoms with Gasteiger partial charge in [-0.25, -0.2) is 0 Å². The topological polar surface area (TPSA) is 113 Å². The first-order valence-electron chi connectivity index (χ1n) is 9.20. The number of nitriles is 1. The molecule has 1 aliphatic carbocycles. The van der Waals surface area contributed by atoms with Gasteiger partial charge in [-0.15, -0.1) is 11.3 Å². The number of rotatable bonds is 3. The average molecular weight is 406 g/mol. The third-order valence-electron chi connectivity index (χ3n) is 5.28. The fourth-order valence-corrected chi connectivity index (χ4v) is 5.06. The molecule has 2 N–H and O–H groups in total. The number of nitrogens with two attached hydrogens (primary N) is 1. The normalized spacial score (nSPS) is 19.2. The summed E-state index contributed by atoms with van der Waals surface area (Å²) in [6, 6.07) is 12.3. The number of aryl methyl sites for hydroxylation is 1. The summed E-state index contributed by atoms with van der Waals surface area (Å²) in [4.78, 5) is 27.6. The van der Waals surface area contributed by atoms with Crippen molar-refractivity contribution in [1.82, 2.24) is 0 Å². The van der Waals surface area contributed by atoms with Gasteiger partial charge >= 0.3 is 0 Å². The van der Waals surface area contributed by atoms with Crippen LogP contribution < -0.4 is 10.6 Å². The van der Waals surface area contributed by atoms with Crippen LogP contribution in [0.2, 0.25) is 0 Å². The molecule has 7 nitrogen and oxygen atoms in total. The van der Waals surface area contributed by atoms with Gasteiger partial charge in [0, 0.05) is 33.5 Å². The van der Waals surface area contributed by atoms with E-state index in [1.54, 1.807) is 23.1 Å². The first kappa shape index (κ1) is 18.9. The predicted molar refractivity (Wildman–Crippen MR) is 110 cm³/mol. The first-order valence-corrected chi connectivity index (χ1v) is 10.0. The number of hydrogen-bond donors (Lipinski definition) is 1. The van der Waals surface area contributed by atoms with Crippen molar-refractivity contribution < 1.29 is 9.72 Å². The summed E-state index contributed by atoms with van der Waals surface area (Å²) in [5.41, 5.74) is 8.02. The standard InChI is InChI=1S/C21H18N4O3S/c1-12-9-10-18(29-12)19-13(11-22)21(23)24(16-7-4-8-17(26)20(16)19)14-5-2-3-6-15(14)25(27)28/h2-3,5-6,9-10,19H,4,7-8,23H2,1H3. The Labute approximate surface area is 171 Å². The van der Waals surface area contributed by atoms with Gasteiger partial charge in [0.1, 0.15) is 11.5 Å². The maximum atomic E-state index is 13.0. The van der Waals surface area contributed by atoms with E-state index in [0.717, 1.165) is 9.75 Å². The van der Waals surface area contributed by atoms with Crippen LogP contribution >= 0.6 is 11.3 Å². The van der Waals surface area contributed by atoms with Crippen LogP contribution in [-0.2, 0) is 4.79 Å². The summed E-state index contributed by atoms with van der Waals surface area (Å²) in [6.07, 6.45) is 1.59. The molecule has 0 amide bonds. The Bertz CT molecular complexity index is 1140. The lowest BCUT2D eigenvalue weighted by Gasteiger charge is -2.38. The van der Waals surface area contributed by atoms with Crippen LogP contribution in [0, 0.1) is 28.4 Å². The smallest absolute Gasteiger partial charge is 0.293 e. The molecule has 2 aromatic rings. The maximum Gasteiger partial charge on any atom is 0.293 e. The molecular weight excluding hydrogens is 388 g/mol. The minimum atomic E-state index is -0.527. The third kappa shape index (κ3) is 3.00. The Morgan fingerprint density at radius 1 is 1.28 bits per heavy atom. The zero-order chi connectivity index (χ0) is 20.7. The zero-order valence-electron chi connectivity index (χ0n) is 15.7. The number of nitro benzene ring substituents is 1. The molecule has 2 aliphatic rings. The SMILES string of the molecule is Cc1ccc(C2C(C#N)=C(N)N(c3ccccc3[N+](=O)[O-])C3=C2C(=O)CCC3)s1. The maximum absolute atomic E-state index is 13.0. The molecule has 1 atom stereocenters. The highest BCUT2D eigenvalue weighted by molar-refractivity contribution is 7.12. The molecule has 1 aromatic heterocycles. The molecule has 2 heterocycles. The van der Waals surface area contributed by atoms with Gasteiger partial charge in [0.05, 0.1) is 22.5 Å². The number of carbonyl (C=O) groups is 1. The van der Waals surface area contributed by atoms with Gasteiger partial charge in [0.15, 0.2) is 5.78 Å². The third-order valence-corrected chi connectivity index (χ3v) is 6.34. The molecule has 8 heteroatoms. The Hall–Kier alpha value is -3.44.